The Hall–Kier alpha value is -1.42. The second-order valence-electron chi connectivity index (χ2n) is 4.38. The molecule has 0 amide bonds. The minimum Gasteiger partial charge on any atom is -0.490 e. The van der Waals surface area contributed by atoms with E-state index in [0.717, 1.165) is 30.2 Å². The maximum Gasteiger partial charge on any atom is 0.163 e. The van der Waals surface area contributed by atoms with E-state index in [0.29, 0.717) is 13.2 Å². The van der Waals surface area contributed by atoms with Crippen molar-refractivity contribution in [3.8, 4) is 11.5 Å². The smallest absolute Gasteiger partial charge is 0.163 e. The molecule has 2 rings (SSSR count). The van der Waals surface area contributed by atoms with Crippen molar-refractivity contribution in [2.24, 2.45) is 5.92 Å². The molecule has 1 heterocycles. The van der Waals surface area contributed by atoms with Crippen LogP contribution in [0.25, 0.3) is 0 Å². The lowest BCUT2D eigenvalue weighted by Gasteiger charge is -2.13. The zero-order chi connectivity index (χ0) is 12.1. The van der Waals surface area contributed by atoms with E-state index in [4.69, 9.17) is 14.6 Å². The predicted octanol–water partition coefficient (Wildman–Crippen LogP) is 1.89. The monoisotopic (exact) mass is 237 g/mol. The van der Waals surface area contributed by atoms with Gasteiger partial charge in [0.15, 0.2) is 11.5 Å². The summed E-state index contributed by atoms with van der Waals surface area (Å²) in [6, 6.07) is 5.84. The number of ether oxygens (including phenoxy) is 2. The number of anilines is 1. The number of aliphatic hydroxyl groups is 1. The van der Waals surface area contributed by atoms with Crippen molar-refractivity contribution in [2.45, 2.75) is 13.3 Å². The summed E-state index contributed by atoms with van der Waals surface area (Å²) >= 11 is 0. The van der Waals surface area contributed by atoms with Gasteiger partial charge in [0.25, 0.3) is 0 Å². The van der Waals surface area contributed by atoms with Crippen LogP contribution in [0.15, 0.2) is 18.2 Å². The van der Waals surface area contributed by atoms with Gasteiger partial charge in [-0.1, -0.05) is 6.92 Å². The first-order valence-corrected chi connectivity index (χ1v) is 6.04. The summed E-state index contributed by atoms with van der Waals surface area (Å²) in [5, 5.41) is 12.2. The second-order valence-corrected chi connectivity index (χ2v) is 4.38. The molecule has 0 aromatic heterocycles. The van der Waals surface area contributed by atoms with Crippen LogP contribution >= 0.6 is 0 Å². The van der Waals surface area contributed by atoms with Gasteiger partial charge in [-0.3, -0.25) is 0 Å². The summed E-state index contributed by atoms with van der Waals surface area (Å²) < 4.78 is 11.2. The zero-order valence-corrected chi connectivity index (χ0v) is 10.1. The summed E-state index contributed by atoms with van der Waals surface area (Å²) in [4.78, 5) is 0. The Morgan fingerprint density at radius 3 is 2.82 bits per heavy atom. The van der Waals surface area contributed by atoms with Gasteiger partial charge in [-0.2, -0.15) is 0 Å². The Bertz CT molecular complexity index is 368. The fourth-order valence-corrected chi connectivity index (χ4v) is 1.63. The molecule has 0 radical (unpaired) electrons. The van der Waals surface area contributed by atoms with E-state index in [1.165, 1.54) is 0 Å². The van der Waals surface area contributed by atoms with Crippen LogP contribution in [0, 0.1) is 5.92 Å². The van der Waals surface area contributed by atoms with E-state index in [1.807, 2.05) is 25.1 Å². The molecule has 0 bridgehead atoms. The highest BCUT2D eigenvalue weighted by atomic mass is 16.5. The molecule has 4 nitrogen and oxygen atoms in total. The molecule has 4 heteroatoms. The van der Waals surface area contributed by atoms with E-state index < -0.39 is 0 Å². The Labute approximate surface area is 102 Å². The quantitative estimate of drug-likeness (QED) is 0.839. The Kier molecular flexibility index (Phi) is 4.09. The fraction of sp³-hybridized carbons (Fsp3) is 0.538. The van der Waals surface area contributed by atoms with Gasteiger partial charge in [-0.15, -0.1) is 0 Å². The lowest BCUT2D eigenvalue weighted by molar-refractivity contribution is 0.244. The summed E-state index contributed by atoms with van der Waals surface area (Å²) in [6.45, 7) is 4.34. The number of hydrogen-bond acceptors (Lipinski definition) is 4. The van der Waals surface area contributed by atoms with E-state index in [1.54, 1.807) is 0 Å². The minimum absolute atomic E-state index is 0.192. The molecule has 1 aliphatic heterocycles. The topological polar surface area (TPSA) is 50.7 Å². The Morgan fingerprint density at radius 2 is 2.06 bits per heavy atom. The third-order valence-corrected chi connectivity index (χ3v) is 2.71. The molecule has 1 atom stereocenters. The summed E-state index contributed by atoms with van der Waals surface area (Å²) in [5.41, 5.74) is 0.995. The molecule has 0 spiro atoms. The lowest BCUT2D eigenvalue weighted by atomic mass is 10.2. The van der Waals surface area contributed by atoms with E-state index >= 15 is 0 Å². The van der Waals surface area contributed by atoms with Gasteiger partial charge in [0.2, 0.25) is 0 Å². The van der Waals surface area contributed by atoms with Gasteiger partial charge < -0.3 is 19.9 Å². The Balaban J connectivity index is 2.02. The molecule has 1 aromatic carbocycles. The lowest BCUT2D eigenvalue weighted by Crippen LogP contribution is -2.14. The molecular formula is C13H19NO3. The van der Waals surface area contributed by atoms with Gasteiger partial charge in [-0.05, 0) is 18.1 Å². The maximum atomic E-state index is 8.96. The SMILES string of the molecule is CC(CO)CNc1ccc2c(c1)OCCCO2. The molecule has 17 heavy (non-hydrogen) atoms. The minimum atomic E-state index is 0.192. The van der Waals surface area contributed by atoms with Gasteiger partial charge >= 0.3 is 0 Å². The molecule has 0 aliphatic carbocycles. The number of fused-ring (bicyclic) bond motifs is 1. The molecule has 2 N–H and O–H groups in total. The number of hydrogen-bond donors (Lipinski definition) is 2. The van der Waals surface area contributed by atoms with Gasteiger partial charge in [-0.25, -0.2) is 0 Å². The van der Waals surface area contributed by atoms with Crippen LogP contribution in [0.1, 0.15) is 13.3 Å². The predicted molar refractivity (Wildman–Crippen MR) is 66.8 cm³/mol. The van der Waals surface area contributed by atoms with E-state index in [-0.39, 0.29) is 12.5 Å². The summed E-state index contributed by atoms with van der Waals surface area (Å²) in [6.07, 6.45) is 0.916. The highest BCUT2D eigenvalue weighted by molar-refractivity contribution is 5.55. The molecule has 94 valence electrons. The standard InChI is InChI=1S/C13H19NO3/c1-10(9-15)8-14-11-3-4-12-13(7-11)17-6-2-5-16-12/h3-4,7,10,14-15H,2,5-6,8-9H2,1H3. The van der Waals surface area contributed by atoms with Crippen LogP contribution in [0.2, 0.25) is 0 Å². The number of rotatable bonds is 4. The van der Waals surface area contributed by atoms with E-state index in [2.05, 4.69) is 5.32 Å². The van der Waals surface area contributed by atoms with Gasteiger partial charge in [0, 0.05) is 31.3 Å². The van der Waals surface area contributed by atoms with Gasteiger partial charge in [0.1, 0.15) is 0 Å². The van der Waals surface area contributed by atoms with Crippen molar-refractivity contribution < 1.29 is 14.6 Å². The number of nitrogens with one attached hydrogen (secondary N) is 1. The normalized spacial score (nSPS) is 16.1. The number of aliphatic hydroxyl groups excluding tert-OH is 1. The Morgan fingerprint density at radius 1 is 1.29 bits per heavy atom. The first kappa shape index (κ1) is 12.0. The van der Waals surface area contributed by atoms with Crippen LogP contribution in [0.5, 0.6) is 11.5 Å². The molecule has 1 aromatic rings. The van der Waals surface area contributed by atoms with E-state index in [9.17, 15) is 0 Å². The molecule has 0 saturated carbocycles. The second kappa shape index (κ2) is 5.77. The highest BCUT2D eigenvalue weighted by Crippen LogP contribution is 2.32. The summed E-state index contributed by atoms with van der Waals surface area (Å²) in [7, 11) is 0. The van der Waals surface area contributed by atoms with Crippen molar-refractivity contribution in [3.63, 3.8) is 0 Å². The third-order valence-electron chi connectivity index (χ3n) is 2.71. The first-order chi connectivity index (χ1) is 8.29. The summed E-state index contributed by atoms with van der Waals surface area (Å²) in [5.74, 6) is 1.85. The van der Waals surface area contributed by atoms with Crippen molar-refractivity contribution >= 4 is 5.69 Å². The zero-order valence-electron chi connectivity index (χ0n) is 10.1. The largest absolute Gasteiger partial charge is 0.490 e. The van der Waals surface area contributed by atoms with Crippen molar-refractivity contribution in [1.82, 2.24) is 0 Å². The fourth-order valence-electron chi connectivity index (χ4n) is 1.63. The van der Waals surface area contributed by atoms with Crippen LogP contribution < -0.4 is 14.8 Å². The van der Waals surface area contributed by atoms with Crippen LogP contribution in [-0.4, -0.2) is 31.5 Å². The third kappa shape index (κ3) is 3.27. The van der Waals surface area contributed by atoms with Crippen LogP contribution in [0.4, 0.5) is 5.69 Å². The van der Waals surface area contributed by atoms with Crippen molar-refractivity contribution in [3.05, 3.63) is 18.2 Å². The maximum absolute atomic E-state index is 8.96. The molecule has 1 unspecified atom stereocenters. The average Bonchev–Trinajstić information content (AvgIpc) is 2.60. The first-order valence-electron chi connectivity index (χ1n) is 6.04. The van der Waals surface area contributed by atoms with Gasteiger partial charge in [0.05, 0.1) is 13.2 Å². The van der Waals surface area contributed by atoms with Crippen LogP contribution in [0.3, 0.4) is 0 Å². The van der Waals surface area contributed by atoms with Crippen molar-refractivity contribution in [1.29, 1.82) is 0 Å². The molecule has 1 aliphatic rings. The van der Waals surface area contributed by atoms with Crippen LogP contribution in [-0.2, 0) is 0 Å². The van der Waals surface area contributed by atoms with Crippen molar-refractivity contribution in [2.75, 3.05) is 31.7 Å². The average molecular weight is 237 g/mol. The molecular weight excluding hydrogens is 218 g/mol. The number of benzene rings is 1. The highest BCUT2D eigenvalue weighted by Gasteiger charge is 2.10. The molecule has 0 saturated heterocycles. The molecule has 0 fully saturated rings.